The molecule has 2 heterocycles. The van der Waals surface area contributed by atoms with E-state index in [-0.39, 0.29) is 6.04 Å². The number of hydrogen-bond acceptors (Lipinski definition) is 3. The van der Waals surface area contributed by atoms with Gasteiger partial charge in [0.05, 0.1) is 16.8 Å². The molecule has 2 aromatic carbocycles. The van der Waals surface area contributed by atoms with Gasteiger partial charge in [0, 0.05) is 28.8 Å². The highest BCUT2D eigenvalue weighted by Crippen LogP contribution is 2.35. The monoisotopic (exact) mass is 451 g/mol. The molecule has 2 fully saturated rings. The Balaban J connectivity index is 1.43. The number of hydrogen-bond donors (Lipinski definition) is 2. The molecule has 3 nitrogen and oxygen atoms in total. The van der Waals surface area contributed by atoms with Crippen LogP contribution in [0.4, 0.5) is 11.4 Å². The van der Waals surface area contributed by atoms with Crippen LogP contribution in [0.15, 0.2) is 36.4 Å². The first-order chi connectivity index (χ1) is 14.0. The maximum Gasteiger partial charge on any atom is 0.0639 e. The molecule has 2 aliphatic heterocycles. The summed E-state index contributed by atoms with van der Waals surface area (Å²) < 4.78 is 0. The zero-order valence-electron chi connectivity index (χ0n) is 16.7. The molecule has 2 saturated heterocycles. The Morgan fingerprint density at radius 1 is 0.966 bits per heavy atom. The molecule has 6 heteroatoms. The zero-order chi connectivity index (χ0) is 20.4. The van der Waals surface area contributed by atoms with Crippen molar-refractivity contribution in [2.75, 3.05) is 36.4 Å². The Morgan fingerprint density at radius 2 is 1.76 bits per heavy atom. The first-order valence-corrected chi connectivity index (χ1v) is 11.6. The van der Waals surface area contributed by atoms with E-state index in [1.54, 1.807) is 6.07 Å². The third-order valence-corrected chi connectivity index (χ3v) is 7.31. The highest BCUT2D eigenvalue weighted by Gasteiger charge is 2.28. The first-order valence-electron chi connectivity index (χ1n) is 10.5. The number of piperidine rings is 1. The van der Waals surface area contributed by atoms with Crippen LogP contribution in [-0.4, -0.2) is 26.2 Å². The van der Waals surface area contributed by atoms with Gasteiger partial charge in [-0.25, -0.2) is 0 Å². The Kier molecular flexibility index (Phi) is 6.80. The van der Waals surface area contributed by atoms with Gasteiger partial charge in [-0.2, -0.15) is 0 Å². The van der Waals surface area contributed by atoms with Gasteiger partial charge in [-0.05, 0) is 87.0 Å². The molecular weight excluding hydrogens is 425 g/mol. The summed E-state index contributed by atoms with van der Waals surface area (Å²) in [6, 6.07) is 11.9. The van der Waals surface area contributed by atoms with E-state index in [0.29, 0.717) is 10.0 Å². The number of halogens is 3. The molecular formula is C23H28Cl3N3. The van der Waals surface area contributed by atoms with E-state index in [2.05, 4.69) is 34.6 Å². The minimum Gasteiger partial charge on any atom is -0.377 e. The van der Waals surface area contributed by atoms with Crippen LogP contribution in [0.1, 0.15) is 37.8 Å². The molecule has 0 spiro atoms. The summed E-state index contributed by atoms with van der Waals surface area (Å²) in [7, 11) is 0. The lowest BCUT2D eigenvalue weighted by Crippen LogP contribution is -2.36. The fraction of sp³-hybridized carbons (Fsp3) is 0.478. The lowest BCUT2D eigenvalue weighted by Gasteiger charge is -2.36. The average Bonchev–Trinajstić information content (AvgIpc) is 3.24. The molecule has 2 unspecified atom stereocenters. The summed E-state index contributed by atoms with van der Waals surface area (Å²) >= 11 is 18.9. The number of benzene rings is 2. The van der Waals surface area contributed by atoms with Crippen molar-refractivity contribution < 1.29 is 0 Å². The van der Waals surface area contributed by atoms with Crippen LogP contribution in [0.5, 0.6) is 0 Å². The molecule has 0 radical (unpaired) electrons. The highest BCUT2D eigenvalue weighted by molar-refractivity contribution is 6.35. The molecule has 4 rings (SSSR count). The van der Waals surface area contributed by atoms with Crippen molar-refractivity contribution in [2.24, 2.45) is 11.8 Å². The summed E-state index contributed by atoms with van der Waals surface area (Å²) in [5, 5.41) is 9.06. The quantitative estimate of drug-likeness (QED) is 0.532. The van der Waals surface area contributed by atoms with Gasteiger partial charge in [0.25, 0.3) is 0 Å². The van der Waals surface area contributed by atoms with Gasteiger partial charge >= 0.3 is 0 Å². The van der Waals surface area contributed by atoms with Crippen LogP contribution < -0.4 is 15.5 Å². The Hall–Kier alpha value is -1.13. The number of rotatable bonds is 5. The minimum atomic E-state index is 0.0214. The smallest absolute Gasteiger partial charge is 0.0639 e. The SMILES string of the molecule is CC(Nc1cc(N2CCC(C3CCNC3)CC2)ccc1Cl)c1ccc(Cl)cc1Cl. The van der Waals surface area contributed by atoms with Crippen LogP contribution in [0.2, 0.25) is 15.1 Å². The third kappa shape index (κ3) is 4.96. The van der Waals surface area contributed by atoms with Crippen LogP contribution >= 0.6 is 34.8 Å². The maximum atomic E-state index is 6.50. The predicted molar refractivity (Wildman–Crippen MR) is 126 cm³/mol. The van der Waals surface area contributed by atoms with E-state index < -0.39 is 0 Å². The van der Waals surface area contributed by atoms with Crippen molar-refractivity contribution in [1.29, 1.82) is 0 Å². The van der Waals surface area contributed by atoms with E-state index in [9.17, 15) is 0 Å². The first kappa shape index (κ1) is 21.1. The molecule has 0 aliphatic carbocycles. The largest absolute Gasteiger partial charge is 0.377 e. The number of anilines is 2. The van der Waals surface area contributed by atoms with E-state index >= 15 is 0 Å². The summed E-state index contributed by atoms with van der Waals surface area (Å²) in [4.78, 5) is 2.49. The van der Waals surface area contributed by atoms with Gasteiger partial charge < -0.3 is 15.5 Å². The summed E-state index contributed by atoms with van der Waals surface area (Å²) in [5.74, 6) is 1.72. The van der Waals surface area contributed by atoms with Crippen molar-refractivity contribution in [2.45, 2.75) is 32.2 Å². The lowest BCUT2D eigenvalue weighted by atomic mass is 9.83. The van der Waals surface area contributed by atoms with E-state index in [0.717, 1.165) is 41.2 Å². The van der Waals surface area contributed by atoms with E-state index in [1.807, 2.05) is 18.2 Å². The predicted octanol–water partition coefficient (Wildman–Crippen LogP) is 6.65. The number of nitrogens with one attached hydrogen (secondary N) is 2. The van der Waals surface area contributed by atoms with Gasteiger partial charge in [0.1, 0.15) is 0 Å². The summed E-state index contributed by atoms with van der Waals surface area (Å²) in [6.07, 6.45) is 3.88. The third-order valence-electron chi connectivity index (χ3n) is 6.42. The highest BCUT2D eigenvalue weighted by atomic mass is 35.5. The molecule has 0 saturated carbocycles. The molecule has 0 amide bonds. The van der Waals surface area contributed by atoms with Crippen LogP contribution in [-0.2, 0) is 0 Å². The molecule has 0 bridgehead atoms. The molecule has 156 valence electrons. The topological polar surface area (TPSA) is 27.3 Å². The van der Waals surface area contributed by atoms with Crippen molar-refractivity contribution in [1.82, 2.24) is 5.32 Å². The number of nitrogens with zero attached hydrogens (tertiary/aromatic N) is 1. The molecule has 29 heavy (non-hydrogen) atoms. The summed E-state index contributed by atoms with van der Waals surface area (Å²) in [6.45, 7) is 6.69. The van der Waals surface area contributed by atoms with E-state index in [4.69, 9.17) is 34.8 Å². The molecule has 0 aromatic heterocycles. The molecule has 2 aliphatic rings. The second-order valence-electron chi connectivity index (χ2n) is 8.27. The Bertz CT molecular complexity index is 843. The lowest BCUT2D eigenvalue weighted by molar-refractivity contribution is 0.292. The fourth-order valence-corrected chi connectivity index (χ4v) is 5.44. The van der Waals surface area contributed by atoms with Crippen molar-refractivity contribution in [3.05, 3.63) is 57.0 Å². The Morgan fingerprint density at radius 3 is 2.45 bits per heavy atom. The zero-order valence-corrected chi connectivity index (χ0v) is 19.0. The average molecular weight is 453 g/mol. The van der Waals surface area contributed by atoms with Gasteiger partial charge in [-0.3, -0.25) is 0 Å². The second-order valence-corrected chi connectivity index (χ2v) is 9.52. The standard InChI is InChI=1S/C23H28Cl3N3/c1-15(20-4-2-18(24)12-22(20)26)28-23-13-19(3-5-21(23)25)29-10-7-16(8-11-29)17-6-9-27-14-17/h2-5,12-13,15-17,27-28H,6-11,14H2,1H3. The van der Waals surface area contributed by atoms with Crippen molar-refractivity contribution >= 4 is 46.2 Å². The minimum absolute atomic E-state index is 0.0214. The van der Waals surface area contributed by atoms with Gasteiger partial charge in [0.2, 0.25) is 0 Å². The molecule has 2 aromatic rings. The van der Waals surface area contributed by atoms with Gasteiger partial charge in [-0.15, -0.1) is 0 Å². The van der Waals surface area contributed by atoms with Crippen LogP contribution in [0.25, 0.3) is 0 Å². The van der Waals surface area contributed by atoms with Gasteiger partial charge in [0.15, 0.2) is 0 Å². The molecule has 2 atom stereocenters. The van der Waals surface area contributed by atoms with Crippen molar-refractivity contribution in [3.63, 3.8) is 0 Å². The second kappa shape index (κ2) is 9.34. The summed E-state index contributed by atoms with van der Waals surface area (Å²) in [5.41, 5.74) is 3.17. The Labute approximate surface area is 188 Å². The maximum absolute atomic E-state index is 6.50. The van der Waals surface area contributed by atoms with E-state index in [1.165, 1.54) is 38.0 Å². The van der Waals surface area contributed by atoms with Crippen molar-refractivity contribution in [3.8, 4) is 0 Å². The molecule has 2 N–H and O–H groups in total. The van der Waals surface area contributed by atoms with Crippen LogP contribution in [0.3, 0.4) is 0 Å². The van der Waals surface area contributed by atoms with Crippen LogP contribution in [0, 0.1) is 11.8 Å². The normalized spacial score (nSPS) is 21.4. The van der Waals surface area contributed by atoms with Gasteiger partial charge in [-0.1, -0.05) is 40.9 Å². The fourth-order valence-electron chi connectivity index (χ4n) is 4.69.